The number of aryl methyl sites for hydroxylation is 1. The van der Waals surface area contributed by atoms with Crippen molar-refractivity contribution in [2.75, 3.05) is 31.1 Å². The summed E-state index contributed by atoms with van der Waals surface area (Å²) in [6, 6.07) is 7.97. The van der Waals surface area contributed by atoms with Crippen LogP contribution in [0.15, 0.2) is 24.3 Å². The monoisotopic (exact) mass is 247 g/mol. The molecule has 2 N–H and O–H groups in total. The molecule has 0 aromatic heterocycles. The number of carbonyl (C=O) groups is 1. The summed E-state index contributed by atoms with van der Waals surface area (Å²) in [6.07, 6.45) is 0. The molecule has 0 aliphatic carbocycles. The van der Waals surface area contributed by atoms with Gasteiger partial charge in [0.1, 0.15) is 0 Å². The van der Waals surface area contributed by atoms with E-state index in [2.05, 4.69) is 36.1 Å². The van der Waals surface area contributed by atoms with Gasteiger partial charge in [-0.3, -0.25) is 4.79 Å². The molecule has 1 atom stereocenters. The van der Waals surface area contributed by atoms with Gasteiger partial charge in [-0.1, -0.05) is 18.2 Å². The minimum Gasteiger partial charge on any atom is -0.368 e. The van der Waals surface area contributed by atoms with E-state index >= 15 is 0 Å². The van der Waals surface area contributed by atoms with Gasteiger partial charge in [-0.15, -0.1) is 0 Å². The number of hydrogen-bond donors (Lipinski definition) is 1. The number of nitrogens with two attached hydrogens (primary N) is 1. The molecule has 1 heterocycles. The summed E-state index contributed by atoms with van der Waals surface area (Å²) in [4.78, 5) is 16.0. The summed E-state index contributed by atoms with van der Waals surface area (Å²) in [7, 11) is 0. The third kappa shape index (κ3) is 2.64. The summed E-state index contributed by atoms with van der Waals surface area (Å²) in [5, 5.41) is 0. The average Bonchev–Trinajstić information content (AvgIpc) is 2.38. The van der Waals surface area contributed by atoms with Gasteiger partial charge in [0.05, 0.1) is 6.04 Å². The van der Waals surface area contributed by atoms with E-state index in [9.17, 15) is 4.79 Å². The molecule has 1 amide bonds. The third-order valence-electron chi connectivity index (χ3n) is 3.44. The summed E-state index contributed by atoms with van der Waals surface area (Å²) < 4.78 is 0. The zero-order valence-corrected chi connectivity index (χ0v) is 11.1. The van der Waals surface area contributed by atoms with Crippen molar-refractivity contribution in [2.45, 2.75) is 19.9 Å². The number of benzene rings is 1. The van der Waals surface area contributed by atoms with E-state index in [0.717, 1.165) is 26.2 Å². The topological polar surface area (TPSA) is 49.6 Å². The molecule has 1 aromatic carbocycles. The number of nitrogens with zero attached hydrogens (tertiary/aromatic N) is 2. The van der Waals surface area contributed by atoms with E-state index in [1.807, 2.05) is 4.90 Å². The van der Waals surface area contributed by atoms with Crippen LogP contribution in [0.5, 0.6) is 0 Å². The van der Waals surface area contributed by atoms with Crippen LogP contribution in [-0.2, 0) is 4.79 Å². The molecule has 1 saturated heterocycles. The lowest BCUT2D eigenvalue weighted by atomic mass is 10.1. The first-order chi connectivity index (χ1) is 8.59. The lowest BCUT2D eigenvalue weighted by Crippen LogP contribution is -2.52. The number of carbonyl (C=O) groups excluding carboxylic acids is 1. The zero-order chi connectivity index (χ0) is 13.1. The van der Waals surface area contributed by atoms with Gasteiger partial charge in [0.25, 0.3) is 0 Å². The van der Waals surface area contributed by atoms with Gasteiger partial charge in [-0.05, 0) is 25.5 Å². The van der Waals surface area contributed by atoms with E-state index in [1.54, 1.807) is 6.92 Å². The maximum Gasteiger partial charge on any atom is 0.239 e. The Kier molecular flexibility index (Phi) is 3.87. The third-order valence-corrected chi connectivity index (χ3v) is 3.44. The van der Waals surface area contributed by atoms with Crippen LogP contribution in [0.4, 0.5) is 5.69 Å². The molecule has 0 saturated carbocycles. The van der Waals surface area contributed by atoms with E-state index in [-0.39, 0.29) is 5.91 Å². The molecular formula is C14H21N3O. The quantitative estimate of drug-likeness (QED) is 0.848. The fourth-order valence-electron chi connectivity index (χ4n) is 2.37. The molecule has 18 heavy (non-hydrogen) atoms. The van der Waals surface area contributed by atoms with Crippen molar-refractivity contribution in [3.05, 3.63) is 29.8 Å². The zero-order valence-electron chi connectivity index (χ0n) is 11.1. The molecular weight excluding hydrogens is 226 g/mol. The highest BCUT2D eigenvalue weighted by Gasteiger charge is 2.23. The largest absolute Gasteiger partial charge is 0.368 e. The second kappa shape index (κ2) is 5.40. The molecule has 1 aliphatic rings. The summed E-state index contributed by atoms with van der Waals surface area (Å²) in [5.41, 5.74) is 8.18. The molecule has 0 spiro atoms. The highest BCUT2D eigenvalue weighted by Crippen LogP contribution is 2.20. The minimum absolute atomic E-state index is 0.0550. The first-order valence-corrected chi connectivity index (χ1v) is 6.44. The Hall–Kier alpha value is -1.55. The van der Waals surface area contributed by atoms with Gasteiger partial charge in [0, 0.05) is 31.9 Å². The van der Waals surface area contributed by atoms with Gasteiger partial charge >= 0.3 is 0 Å². The Morgan fingerprint density at radius 1 is 1.22 bits per heavy atom. The number of hydrogen-bond acceptors (Lipinski definition) is 3. The molecule has 4 nitrogen and oxygen atoms in total. The maximum absolute atomic E-state index is 11.8. The minimum atomic E-state index is -0.394. The predicted octanol–water partition coefficient (Wildman–Crippen LogP) is 0.991. The second-order valence-corrected chi connectivity index (χ2v) is 4.89. The number of amides is 1. The van der Waals surface area contributed by atoms with Crippen molar-refractivity contribution in [3.63, 3.8) is 0 Å². The van der Waals surface area contributed by atoms with Crippen LogP contribution in [0.25, 0.3) is 0 Å². The molecule has 0 bridgehead atoms. The van der Waals surface area contributed by atoms with Crippen molar-refractivity contribution in [1.82, 2.24) is 4.90 Å². The molecule has 1 fully saturated rings. The van der Waals surface area contributed by atoms with Crippen molar-refractivity contribution in [1.29, 1.82) is 0 Å². The SMILES string of the molecule is Cc1ccccc1N1CCN(C(=O)[C@H](C)N)CC1. The summed E-state index contributed by atoms with van der Waals surface area (Å²) >= 11 is 0. The molecule has 0 radical (unpaired) electrons. The van der Waals surface area contributed by atoms with Gasteiger partial charge < -0.3 is 15.5 Å². The highest BCUT2D eigenvalue weighted by molar-refractivity contribution is 5.81. The molecule has 0 unspecified atom stereocenters. The van der Waals surface area contributed by atoms with Crippen LogP contribution in [-0.4, -0.2) is 43.0 Å². The fourth-order valence-corrected chi connectivity index (χ4v) is 2.37. The normalized spacial score (nSPS) is 17.7. The van der Waals surface area contributed by atoms with Crippen LogP contribution >= 0.6 is 0 Å². The number of para-hydroxylation sites is 1. The maximum atomic E-state index is 11.8. The number of piperazine rings is 1. The van der Waals surface area contributed by atoms with Crippen molar-refractivity contribution in [2.24, 2.45) is 5.73 Å². The Balaban J connectivity index is 1.99. The van der Waals surface area contributed by atoms with E-state index in [1.165, 1.54) is 11.3 Å². The van der Waals surface area contributed by atoms with Crippen molar-refractivity contribution < 1.29 is 4.79 Å². The Bertz CT molecular complexity index is 423. The first-order valence-electron chi connectivity index (χ1n) is 6.44. The lowest BCUT2D eigenvalue weighted by molar-refractivity contribution is -0.132. The standard InChI is InChI=1S/C14H21N3O/c1-11-5-3-4-6-13(11)16-7-9-17(10-8-16)14(18)12(2)15/h3-6,12H,7-10,15H2,1-2H3/t12-/m0/s1. The average molecular weight is 247 g/mol. The number of anilines is 1. The second-order valence-electron chi connectivity index (χ2n) is 4.89. The van der Waals surface area contributed by atoms with E-state index in [4.69, 9.17) is 5.73 Å². The predicted molar refractivity (Wildman–Crippen MR) is 73.6 cm³/mol. The van der Waals surface area contributed by atoms with Crippen molar-refractivity contribution >= 4 is 11.6 Å². The molecule has 2 rings (SSSR count). The van der Waals surface area contributed by atoms with Crippen LogP contribution < -0.4 is 10.6 Å². The van der Waals surface area contributed by atoms with Gasteiger partial charge in [0.15, 0.2) is 0 Å². The fraction of sp³-hybridized carbons (Fsp3) is 0.500. The lowest BCUT2D eigenvalue weighted by Gasteiger charge is -2.37. The van der Waals surface area contributed by atoms with Gasteiger partial charge in [-0.25, -0.2) is 0 Å². The molecule has 1 aromatic rings. The molecule has 4 heteroatoms. The Morgan fingerprint density at radius 3 is 2.39 bits per heavy atom. The van der Waals surface area contributed by atoms with Gasteiger partial charge in [-0.2, -0.15) is 0 Å². The molecule has 1 aliphatic heterocycles. The Morgan fingerprint density at radius 2 is 1.83 bits per heavy atom. The Labute approximate surface area is 108 Å². The van der Waals surface area contributed by atoms with Crippen LogP contribution in [0, 0.1) is 6.92 Å². The first kappa shape index (κ1) is 12.9. The van der Waals surface area contributed by atoms with E-state index < -0.39 is 6.04 Å². The van der Waals surface area contributed by atoms with Gasteiger partial charge in [0.2, 0.25) is 5.91 Å². The number of rotatable bonds is 2. The summed E-state index contributed by atoms with van der Waals surface area (Å²) in [6.45, 7) is 7.14. The highest BCUT2D eigenvalue weighted by atomic mass is 16.2. The molecule has 98 valence electrons. The van der Waals surface area contributed by atoms with E-state index in [0.29, 0.717) is 0 Å². The van der Waals surface area contributed by atoms with Crippen LogP contribution in [0.3, 0.4) is 0 Å². The summed E-state index contributed by atoms with van der Waals surface area (Å²) in [5.74, 6) is 0.0550. The van der Waals surface area contributed by atoms with Crippen LogP contribution in [0.2, 0.25) is 0 Å². The van der Waals surface area contributed by atoms with Crippen molar-refractivity contribution in [3.8, 4) is 0 Å². The van der Waals surface area contributed by atoms with Crippen LogP contribution in [0.1, 0.15) is 12.5 Å². The smallest absolute Gasteiger partial charge is 0.239 e.